The molecule has 0 radical (unpaired) electrons. The van der Waals surface area contributed by atoms with E-state index in [0.29, 0.717) is 5.82 Å². The highest BCUT2D eigenvalue weighted by atomic mass is 32.2. The number of aromatic nitrogens is 3. The topological polar surface area (TPSA) is 38.7 Å². The molecule has 0 N–H and O–H groups in total. The molecule has 1 aliphatic heterocycles. The minimum atomic E-state index is -0.391. The third kappa shape index (κ3) is 4.42. The zero-order valence-corrected chi connectivity index (χ0v) is 27.8. The lowest BCUT2D eigenvalue weighted by Gasteiger charge is -2.39. The fourth-order valence-corrected chi connectivity index (χ4v) is 9.05. The fraction of sp³-hybridized carbons (Fsp3) is 0.0217. The summed E-state index contributed by atoms with van der Waals surface area (Å²) < 4.78 is 0. The second-order valence-electron chi connectivity index (χ2n) is 12.8. The average Bonchev–Trinajstić information content (AvgIpc) is 3.49. The standard InChI is InChI=1S/C46H29N3S/c1-3-14-30(15-4-1)41-29-42(31-16-5-2-6-17-31)49-45(48-41)40-24-13-23-39(47-40)32-26-27-38-44(28-32)50-43-25-12-11-22-37(43)46(38)35-20-9-7-18-33(35)34-19-8-10-21-36(34)46/h1-29H. The van der Waals surface area contributed by atoms with Gasteiger partial charge in [-0.2, -0.15) is 0 Å². The Bertz CT molecular complexity index is 2480. The van der Waals surface area contributed by atoms with Crippen LogP contribution in [-0.4, -0.2) is 15.0 Å². The molecule has 0 saturated heterocycles. The van der Waals surface area contributed by atoms with Gasteiger partial charge in [-0.25, -0.2) is 15.0 Å². The van der Waals surface area contributed by atoms with Crippen molar-refractivity contribution in [3.63, 3.8) is 0 Å². The van der Waals surface area contributed by atoms with Gasteiger partial charge in [0.05, 0.1) is 22.5 Å². The molecule has 0 fully saturated rings. The Morgan fingerprint density at radius 3 is 1.54 bits per heavy atom. The molecule has 8 aromatic rings. The molecule has 50 heavy (non-hydrogen) atoms. The summed E-state index contributed by atoms with van der Waals surface area (Å²) in [5.74, 6) is 0.603. The largest absolute Gasteiger partial charge is 0.244 e. The van der Waals surface area contributed by atoms with Crippen LogP contribution in [0.15, 0.2) is 186 Å². The lowest BCUT2D eigenvalue weighted by atomic mass is 9.67. The summed E-state index contributed by atoms with van der Waals surface area (Å²) in [6, 6.07) is 62.4. The molecule has 3 nitrogen and oxygen atoms in total. The zero-order valence-electron chi connectivity index (χ0n) is 27.0. The Morgan fingerprint density at radius 2 is 0.880 bits per heavy atom. The van der Waals surface area contributed by atoms with Crippen LogP contribution in [0.5, 0.6) is 0 Å². The Morgan fingerprint density at radius 1 is 0.340 bits per heavy atom. The summed E-state index contributed by atoms with van der Waals surface area (Å²) in [5, 5.41) is 0. The molecule has 1 aliphatic carbocycles. The van der Waals surface area contributed by atoms with Crippen molar-refractivity contribution in [1.29, 1.82) is 0 Å². The molecule has 0 atom stereocenters. The molecular weight excluding hydrogens is 627 g/mol. The monoisotopic (exact) mass is 655 g/mol. The second kappa shape index (κ2) is 11.5. The first-order chi connectivity index (χ1) is 24.8. The highest BCUT2D eigenvalue weighted by molar-refractivity contribution is 7.99. The van der Waals surface area contributed by atoms with Gasteiger partial charge in [0, 0.05) is 26.5 Å². The number of fused-ring (bicyclic) bond motifs is 9. The first-order valence-electron chi connectivity index (χ1n) is 16.9. The van der Waals surface area contributed by atoms with Crippen LogP contribution in [0, 0.1) is 0 Å². The number of rotatable bonds is 4. The summed E-state index contributed by atoms with van der Waals surface area (Å²) in [5.41, 5.74) is 14.1. The molecule has 0 unspecified atom stereocenters. The average molecular weight is 656 g/mol. The molecule has 4 heteroatoms. The first-order valence-corrected chi connectivity index (χ1v) is 17.7. The highest BCUT2D eigenvalue weighted by Gasteiger charge is 2.50. The molecule has 0 saturated carbocycles. The van der Waals surface area contributed by atoms with E-state index in [1.807, 2.05) is 54.2 Å². The summed E-state index contributed by atoms with van der Waals surface area (Å²) in [7, 11) is 0. The second-order valence-corrected chi connectivity index (χ2v) is 13.8. The molecule has 10 rings (SSSR count). The van der Waals surface area contributed by atoms with Crippen molar-refractivity contribution in [2.75, 3.05) is 0 Å². The number of benzene rings is 6. The van der Waals surface area contributed by atoms with Crippen molar-refractivity contribution in [1.82, 2.24) is 15.0 Å². The minimum Gasteiger partial charge on any atom is -0.244 e. The van der Waals surface area contributed by atoms with E-state index in [-0.39, 0.29) is 0 Å². The predicted octanol–water partition coefficient (Wildman–Crippen LogP) is 11.4. The van der Waals surface area contributed by atoms with E-state index in [1.54, 1.807) is 0 Å². The maximum atomic E-state index is 5.20. The van der Waals surface area contributed by atoms with Crippen molar-refractivity contribution in [3.8, 4) is 56.4 Å². The molecule has 1 spiro atoms. The smallest absolute Gasteiger partial charge is 0.179 e. The maximum absolute atomic E-state index is 5.20. The number of nitrogens with zero attached hydrogens (tertiary/aromatic N) is 3. The first kappa shape index (κ1) is 28.9. The molecule has 2 aliphatic rings. The Labute approximate surface area is 295 Å². The lowest BCUT2D eigenvalue weighted by molar-refractivity contribution is 0.722. The van der Waals surface area contributed by atoms with E-state index < -0.39 is 5.41 Å². The van der Waals surface area contributed by atoms with Gasteiger partial charge in [0.2, 0.25) is 0 Å². The van der Waals surface area contributed by atoms with E-state index in [4.69, 9.17) is 15.0 Å². The van der Waals surface area contributed by atoms with Crippen LogP contribution in [0.3, 0.4) is 0 Å². The third-order valence-electron chi connectivity index (χ3n) is 9.99. The summed E-state index contributed by atoms with van der Waals surface area (Å²) in [6.07, 6.45) is 0. The van der Waals surface area contributed by atoms with E-state index in [2.05, 4.69) is 133 Å². The molecule has 234 valence electrons. The normalized spacial score (nSPS) is 13.3. The summed E-state index contributed by atoms with van der Waals surface area (Å²) in [4.78, 5) is 17.8. The molecule has 0 bridgehead atoms. The summed E-state index contributed by atoms with van der Waals surface area (Å²) in [6.45, 7) is 0. The van der Waals surface area contributed by atoms with Gasteiger partial charge in [-0.1, -0.05) is 157 Å². The lowest BCUT2D eigenvalue weighted by Crippen LogP contribution is -2.31. The molecule has 2 aromatic heterocycles. The van der Waals surface area contributed by atoms with E-state index in [0.717, 1.165) is 39.5 Å². The van der Waals surface area contributed by atoms with Crippen molar-refractivity contribution in [3.05, 3.63) is 198 Å². The van der Waals surface area contributed by atoms with Crippen molar-refractivity contribution in [2.24, 2.45) is 0 Å². The minimum absolute atomic E-state index is 0.391. The van der Waals surface area contributed by atoms with E-state index >= 15 is 0 Å². The third-order valence-corrected chi connectivity index (χ3v) is 11.1. The molecular formula is C46H29N3S. The predicted molar refractivity (Wildman–Crippen MR) is 203 cm³/mol. The van der Waals surface area contributed by atoms with Crippen LogP contribution in [0.2, 0.25) is 0 Å². The Kier molecular flexibility index (Phi) is 6.64. The summed E-state index contributed by atoms with van der Waals surface area (Å²) >= 11 is 1.85. The van der Waals surface area contributed by atoms with Crippen LogP contribution >= 0.6 is 11.8 Å². The Hall–Kier alpha value is -6.10. The van der Waals surface area contributed by atoms with Gasteiger partial charge in [0.1, 0.15) is 5.69 Å². The number of hydrogen-bond acceptors (Lipinski definition) is 4. The van der Waals surface area contributed by atoms with Crippen LogP contribution in [0.1, 0.15) is 22.3 Å². The Balaban J connectivity index is 1.12. The number of hydrogen-bond donors (Lipinski definition) is 0. The fourth-order valence-electron chi connectivity index (χ4n) is 7.82. The molecule has 3 heterocycles. The van der Waals surface area contributed by atoms with Gasteiger partial charge in [-0.05, 0) is 63.7 Å². The van der Waals surface area contributed by atoms with Crippen molar-refractivity contribution in [2.45, 2.75) is 15.2 Å². The SMILES string of the molecule is c1ccc(-c2cc(-c3ccccc3)nc(-c3cccc(-c4ccc5c(c4)Sc4ccccc4C54c5ccccc5-c5ccccc54)n3)n2)cc1. The van der Waals surface area contributed by atoms with Gasteiger partial charge in [-0.15, -0.1) is 0 Å². The van der Waals surface area contributed by atoms with Crippen LogP contribution in [0.4, 0.5) is 0 Å². The van der Waals surface area contributed by atoms with Gasteiger partial charge in [0.15, 0.2) is 5.82 Å². The van der Waals surface area contributed by atoms with Crippen molar-refractivity contribution < 1.29 is 0 Å². The van der Waals surface area contributed by atoms with Gasteiger partial charge in [0.25, 0.3) is 0 Å². The quantitative estimate of drug-likeness (QED) is 0.189. The van der Waals surface area contributed by atoms with E-state index in [1.165, 1.54) is 43.2 Å². The van der Waals surface area contributed by atoms with Crippen LogP contribution in [-0.2, 0) is 5.41 Å². The van der Waals surface area contributed by atoms with Gasteiger partial charge < -0.3 is 0 Å². The highest BCUT2D eigenvalue weighted by Crippen LogP contribution is 2.62. The maximum Gasteiger partial charge on any atom is 0.179 e. The van der Waals surface area contributed by atoms with Crippen LogP contribution in [0.25, 0.3) is 56.4 Å². The number of pyridine rings is 1. The zero-order chi connectivity index (χ0) is 33.1. The van der Waals surface area contributed by atoms with Gasteiger partial charge >= 0.3 is 0 Å². The molecule has 6 aromatic carbocycles. The van der Waals surface area contributed by atoms with Gasteiger partial charge in [-0.3, -0.25) is 0 Å². The van der Waals surface area contributed by atoms with Crippen molar-refractivity contribution >= 4 is 11.8 Å². The van der Waals surface area contributed by atoms with E-state index in [9.17, 15) is 0 Å². The van der Waals surface area contributed by atoms with Crippen LogP contribution < -0.4 is 0 Å². The molecule has 0 amide bonds.